The summed E-state index contributed by atoms with van der Waals surface area (Å²) in [6, 6.07) is 5.08. The molecule has 1 fully saturated rings. The Morgan fingerprint density at radius 3 is 2.57 bits per heavy atom. The molecule has 0 aliphatic heterocycles. The van der Waals surface area contributed by atoms with E-state index in [1.807, 2.05) is 0 Å². The average Bonchev–Trinajstić information content (AvgIpc) is 3.51. The van der Waals surface area contributed by atoms with E-state index >= 15 is 0 Å². The van der Waals surface area contributed by atoms with Crippen LogP contribution in [0.2, 0.25) is 0 Å². The van der Waals surface area contributed by atoms with Gasteiger partial charge in [0, 0.05) is 11.6 Å². The largest absolute Gasteiger partial charge is 0.403 e. The molecule has 1 amide bonds. The molecule has 0 bridgehead atoms. The molecule has 0 unspecified atom stereocenters. The van der Waals surface area contributed by atoms with Gasteiger partial charge < -0.3 is 16.0 Å². The van der Waals surface area contributed by atoms with Gasteiger partial charge in [0.1, 0.15) is 23.1 Å². The first kappa shape index (κ1) is 25.7. The number of hydrazine groups is 1. The van der Waals surface area contributed by atoms with Crippen LogP contribution in [0.15, 0.2) is 52.3 Å². The minimum Gasteiger partial charge on any atom is -0.396 e. The van der Waals surface area contributed by atoms with Crippen LogP contribution in [0.1, 0.15) is 29.9 Å². The van der Waals surface area contributed by atoms with E-state index in [0.717, 1.165) is 12.3 Å². The Bertz CT molecular complexity index is 1380. The van der Waals surface area contributed by atoms with Gasteiger partial charge in [0.25, 0.3) is 5.91 Å². The number of carbonyl (C=O) groups is 1. The number of hydrogen-bond donors (Lipinski definition) is 3. The van der Waals surface area contributed by atoms with Crippen LogP contribution in [0.25, 0.3) is 5.70 Å². The number of carbonyl (C=O) groups excluding carboxylic acids is 1. The highest BCUT2D eigenvalue weighted by Crippen LogP contribution is 2.58. The number of anilines is 2. The predicted octanol–water partition coefficient (Wildman–Crippen LogP) is 2.86. The first-order chi connectivity index (χ1) is 17.4. The topological polar surface area (TPSA) is 163 Å². The average molecular weight is 522 g/mol. The molecule has 1 aliphatic rings. The van der Waals surface area contributed by atoms with Gasteiger partial charge in [-0.15, -0.1) is 0 Å². The Balaban J connectivity index is 1.61. The number of aliphatic imine (C=N–C) groups is 1. The molecule has 194 valence electrons. The standard InChI is InChI=1S/C22H19F5N8O2/c23-12-3-1-2-11(17(12)24)9-31-15(14-4-7-37-34-14)8-13(28)19-32-10-16(18(29)33-19)35(30)20(36)21(5-6-21)22(25,26)27/h1-4,7-8,10H,5-6,9,28,30H2,(H2,29,32,33). The Hall–Kier alpha value is -4.40. The molecule has 0 saturated heterocycles. The highest BCUT2D eigenvalue weighted by molar-refractivity contribution is 6.10. The summed E-state index contributed by atoms with van der Waals surface area (Å²) in [5, 5.41) is 4.02. The lowest BCUT2D eigenvalue weighted by molar-refractivity contribution is -0.190. The smallest absolute Gasteiger partial charge is 0.396 e. The zero-order chi connectivity index (χ0) is 27.0. The minimum absolute atomic E-state index is 0.0298. The van der Waals surface area contributed by atoms with Crippen LogP contribution in [0.3, 0.4) is 0 Å². The molecule has 10 nitrogen and oxygen atoms in total. The fourth-order valence-electron chi connectivity index (χ4n) is 3.39. The second-order valence-electron chi connectivity index (χ2n) is 8.12. The third-order valence-corrected chi connectivity index (χ3v) is 5.68. The zero-order valence-electron chi connectivity index (χ0n) is 18.8. The second-order valence-corrected chi connectivity index (χ2v) is 8.12. The summed E-state index contributed by atoms with van der Waals surface area (Å²) in [5.74, 6) is 1.58. The summed E-state index contributed by atoms with van der Waals surface area (Å²) >= 11 is 0. The number of benzene rings is 1. The molecule has 1 aliphatic carbocycles. The van der Waals surface area contributed by atoms with Crippen LogP contribution in [0, 0.1) is 17.0 Å². The van der Waals surface area contributed by atoms with Crippen LogP contribution in [0.4, 0.5) is 33.5 Å². The van der Waals surface area contributed by atoms with Gasteiger partial charge in [0.05, 0.1) is 24.2 Å². The van der Waals surface area contributed by atoms with Crippen molar-refractivity contribution < 1.29 is 31.3 Å². The van der Waals surface area contributed by atoms with Crippen molar-refractivity contribution in [3.8, 4) is 0 Å². The predicted molar refractivity (Wildman–Crippen MR) is 121 cm³/mol. The maximum atomic E-state index is 14.0. The number of rotatable bonds is 7. The number of allylic oxidation sites excluding steroid dienone is 1. The van der Waals surface area contributed by atoms with E-state index in [9.17, 15) is 26.7 Å². The van der Waals surface area contributed by atoms with Crippen LogP contribution >= 0.6 is 0 Å². The first-order valence-corrected chi connectivity index (χ1v) is 10.6. The molecular formula is C22H19F5N8O2. The van der Waals surface area contributed by atoms with E-state index in [1.54, 1.807) is 0 Å². The third-order valence-electron chi connectivity index (χ3n) is 5.68. The van der Waals surface area contributed by atoms with Crippen LogP contribution in [-0.4, -0.2) is 32.9 Å². The molecule has 37 heavy (non-hydrogen) atoms. The van der Waals surface area contributed by atoms with Gasteiger partial charge >= 0.3 is 6.18 Å². The summed E-state index contributed by atoms with van der Waals surface area (Å²) in [7, 11) is 0. The molecule has 4 rings (SSSR count). The molecule has 2 heterocycles. The number of nitrogens with zero attached hydrogens (tertiary/aromatic N) is 5. The van der Waals surface area contributed by atoms with Crippen molar-refractivity contribution >= 4 is 28.8 Å². The van der Waals surface area contributed by atoms with E-state index in [-0.39, 0.29) is 58.6 Å². The molecule has 0 spiro atoms. The maximum absolute atomic E-state index is 14.0. The quantitative estimate of drug-likeness (QED) is 0.140. The van der Waals surface area contributed by atoms with Gasteiger partial charge in [-0.05, 0) is 25.0 Å². The molecule has 6 N–H and O–H groups in total. The van der Waals surface area contributed by atoms with E-state index in [2.05, 4.69) is 20.1 Å². The van der Waals surface area contributed by atoms with Crippen molar-refractivity contribution in [2.45, 2.75) is 25.6 Å². The van der Waals surface area contributed by atoms with E-state index in [1.165, 1.54) is 30.5 Å². The molecule has 2 aromatic heterocycles. The van der Waals surface area contributed by atoms with Gasteiger partial charge in [-0.3, -0.25) is 9.79 Å². The molecule has 0 radical (unpaired) electrons. The summed E-state index contributed by atoms with van der Waals surface area (Å²) in [4.78, 5) is 24.5. The van der Waals surface area contributed by atoms with Gasteiger partial charge in [0.15, 0.2) is 23.3 Å². The Morgan fingerprint density at radius 2 is 1.97 bits per heavy atom. The monoisotopic (exact) mass is 522 g/mol. The molecule has 0 atom stereocenters. The van der Waals surface area contributed by atoms with Crippen molar-refractivity contribution in [3.05, 3.63) is 71.5 Å². The summed E-state index contributed by atoms with van der Waals surface area (Å²) in [6.07, 6.45) is -2.07. The number of halogens is 5. The maximum Gasteiger partial charge on any atom is 0.403 e. The van der Waals surface area contributed by atoms with Crippen molar-refractivity contribution in [3.63, 3.8) is 0 Å². The fourth-order valence-corrected chi connectivity index (χ4v) is 3.39. The summed E-state index contributed by atoms with van der Waals surface area (Å²) < 4.78 is 72.2. The number of alkyl halides is 3. The molecular weight excluding hydrogens is 503 g/mol. The highest BCUT2D eigenvalue weighted by atomic mass is 19.4. The molecule has 1 saturated carbocycles. The van der Waals surface area contributed by atoms with Gasteiger partial charge in [-0.25, -0.2) is 29.6 Å². The second kappa shape index (κ2) is 9.57. The van der Waals surface area contributed by atoms with Crippen LogP contribution in [-0.2, 0) is 11.3 Å². The van der Waals surface area contributed by atoms with Crippen molar-refractivity contribution in [1.82, 2.24) is 15.1 Å². The number of nitrogens with two attached hydrogens (primary N) is 3. The van der Waals surface area contributed by atoms with E-state index < -0.39 is 35.0 Å². The van der Waals surface area contributed by atoms with Crippen molar-refractivity contribution in [1.29, 1.82) is 0 Å². The van der Waals surface area contributed by atoms with Gasteiger partial charge in [-0.2, -0.15) is 13.2 Å². The van der Waals surface area contributed by atoms with Crippen molar-refractivity contribution in [2.75, 3.05) is 10.7 Å². The Labute approximate surface area is 205 Å². The Kier molecular flexibility index (Phi) is 6.64. The summed E-state index contributed by atoms with van der Waals surface area (Å²) in [6.45, 7) is -0.275. The highest BCUT2D eigenvalue weighted by Gasteiger charge is 2.69. The first-order valence-electron chi connectivity index (χ1n) is 10.6. The van der Waals surface area contributed by atoms with Crippen LogP contribution < -0.4 is 22.3 Å². The third kappa shape index (κ3) is 4.97. The number of amides is 1. The number of hydrogen-bond acceptors (Lipinski definition) is 9. The normalized spacial score (nSPS) is 15.5. The van der Waals surface area contributed by atoms with Crippen LogP contribution in [0.5, 0.6) is 0 Å². The fraction of sp³-hybridized carbons (Fsp3) is 0.227. The lowest BCUT2D eigenvalue weighted by Gasteiger charge is -2.25. The van der Waals surface area contributed by atoms with Crippen molar-refractivity contribution in [2.24, 2.45) is 22.0 Å². The number of nitrogen functional groups attached to an aromatic ring is 1. The molecule has 1 aromatic carbocycles. The molecule has 3 aromatic rings. The lowest BCUT2D eigenvalue weighted by Crippen LogP contribution is -2.48. The Morgan fingerprint density at radius 1 is 1.24 bits per heavy atom. The zero-order valence-corrected chi connectivity index (χ0v) is 18.8. The van der Waals surface area contributed by atoms with E-state index in [0.29, 0.717) is 0 Å². The minimum atomic E-state index is -4.77. The molecule has 15 heteroatoms. The SMILES string of the molecule is NC(=CC(=NCc1cccc(F)c1F)c1ccon1)c1ncc(N(N)C(=O)C2(C(F)(F)F)CC2)c(N)n1. The van der Waals surface area contributed by atoms with Gasteiger partial charge in [0.2, 0.25) is 0 Å². The van der Waals surface area contributed by atoms with Gasteiger partial charge in [-0.1, -0.05) is 17.3 Å². The number of aromatic nitrogens is 3. The summed E-state index contributed by atoms with van der Waals surface area (Å²) in [5.41, 5.74) is 9.14. The van der Waals surface area contributed by atoms with E-state index in [4.69, 9.17) is 21.8 Å². The lowest BCUT2D eigenvalue weighted by atomic mass is 10.1.